The molecule has 24 heavy (non-hydrogen) atoms. The van der Waals surface area contributed by atoms with E-state index in [1.165, 1.54) is 13.3 Å². The smallest absolute Gasteiger partial charge is 0.337 e. The second-order valence-corrected chi connectivity index (χ2v) is 4.63. The van der Waals surface area contributed by atoms with Crippen LogP contribution in [0.5, 0.6) is 0 Å². The summed E-state index contributed by atoms with van der Waals surface area (Å²) in [6, 6.07) is 15.0. The van der Waals surface area contributed by atoms with Crippen molar-refractivity contribution in [1.82, 2.24) is 5.43 Å². The minimum Gasteiger partial charge on any atom is -0.465 e. The zero-order valence-electron chi connectivity index (χ0n) is 12.9. The highest BCUT2D eigenvalue weighted by molar-refractivity contribution is 6.39. The van der Waals surface area contributed by atoms with E-state index < -0.39 is 17.8 Å². The molecular formula is C17H15N3O4. The molecule has 0 atom stereocenters. The summed E-state index contributed by atoms with van der Waals surface area (Å²) >= 11 is 0. The fourth-order valence-electron chi connectivity index (χ4n) is 1.75. The number of hydrazone groups is 1. The molecule has 2 rings (SSSR count). The van der Waals surface area contributed by atoms with Crippen LogP contribution in [0.4, 0.5) is 5.69 Å². The molecule has 0 unspecified atom stereocenters. The van der Waals surface area contributed by atoms with Gasteiger partial charge >= 0.3 is 17.8 Å². The largest absolute Gasteiger partial charge is 0.465 e. The van der Waals surface area contributed by atoms with E-state index in [0.717, 1.165) is 0 Å². The normalized spacial score (nSPS) is 10.2. The molecule has 2 amide bonds. The van der Waals surface area contributed by atoms with Crippen molar-refractivity contribution in [2.75, 3.05) is 12.4 Å². The summed E-state index contributed by atoms with van der Waals surface area (Å²) in [5.74, 6) is -2.15. The number of para-hydroxylation sites is 1. The first-order valence-electron chi connectivity index (χ1n) is 6.98. The Morgan fingerprint density at radius 3 is 2.25 bits per heavy atom. The first-order valence-corrected chi connectivity index (χ1v) is 6.98. The average Bonchev–Trinajstić information content (AvgIpc) is 2.62. The predicted octanol–water partition coefficient (Wildman–Crippen LogP) is 1.56. The zero-order valence-corrected chi connectivity index (χ0v) is 12.9. The molecule has 2 aromatic carbocycles. The van der Waals surface area contributed by atoms with Gasteiger partial charge in [-0.05, 0) is 29.8 Å². The Bertz CT molecular complexity index is 755. The molecule has 0 aliphatic heterocycles. The molecule has 0 heterocycles. The lowest BCUT2D eigenvalue weighted by molar-refractivity contribution is -0.136. The van der Waals surface area contributed by atoms with E-state index >= 15 is 0 Å². The first-order chi connectivity index (χ1) is 11.6. The maximum atomic E-state index is 11.7. The van der Waals surface area contributed by atoms with Crippen molar-refractivity contribution in [2.24, 2.45) is 5.10 Å². The van der Waals surface area contributed by atoms with Crippen LogP contribution < -0.4 is 10.7 Å². The fourth-order valence-corrected chi connectivity index (χ4v) is 1.75. The number of hydrogen-bond donors (Lipinski definition) is 2. The van der Waals surface area contributed by atoms with E-state index in [0.29, 0.717) is 16.8 Å². The van der Waals surface area contributed by atoms with E-state index in [1.54, 1.807) is 54.6 Å². The second-order valence-electron chi connectivity index (χ2n) is 4.63. The Kier molecular flexibility index (Phi) is 5.79. The van der Waals surface area contributed by atoms with Crippen LogP contribution in [0, 0.1) is 0 Å². The van der Waals surface area contributed by atoms with E-state index in [-0.39, 0.29) is 0 Å². The number of hydrogen-bond acceptors (Lipinski definition) is 5. The van der Waals surface area contributed by atoms with Gasteiger partial charge in [-0.1, -0.05) is 30.3 Å². The number of carbonyl (C=O) groups is 3. The molecule has 122 valence electrons. The van der Waals surface area contributed by atoms with Crippen LogP contribution in [-0.4, -0.2) is 31.1 Å². The number of rotatable bonds is 4. The number of methoxy groups -OCH3 is 1. The molecule has 7 heteroatoms. The van der Waals surface area contributed by atoms with Crippen molar-refractivity contribution < 1.29 is 19.1 Å². The summed E-state index contributed by atoms with van der Waals surface area (Å²) < 4.78 is 4.59. The molecule has 0 aromatic heterocycles. The van der Waals surface area contributed by atoms with Gasteiger partial charge in [-0.3, -0.25) is 9.59 Å². The van der Waals surface area contributed by atoms with Crippen LogP contribution in [0.25, 0.3) is 0 Å². The summed E-state index contributed by atoms with van der Waals surface area (Å²) in [5.41, 5.74) is 3.69. The minimum absolute atomic E-state index is 0.404. The molecule has 0 fully saturated rings. The molecule has 0 radical (unpaired) electrons. The van der Waals surface area contributed by atoms with Crippen LogP contribution in [-0.2, 0) is 14.3 Å². The van der Waals surface area contributed by atoms with Crippen LogP contribution in [0.2, 0.25) is 0 Å². The fraction of sp³-hybridized carbons (Fsp3) is 0.0588. The average molecular weight is 325 g/mol. The number of benzene rings is 2. The zero-order chi connectivity index (χ0) is 17.4. The predicted molar refractivity (Wildman–Crippen MR) is 88.6 cm³/mol. The lowest BCUT2D eigenvalue weighted by Gasteiger charge is -2.03. The Hall–Kier alpha value is -3.48. The van der Waals surface area contributed by atoms with Gasteiger partial charge in [-0.2, -0.15) is 5.10 Å². The molecule has 0 spiro atoms. The molecule has 7 nitrogen and oxygen atoms in total. The molecule has 0 saturated carbocycles. The minimum atomic E-state index is -0.888. The first kappa shape index (κ1) is 16.9. The number of amides is 2. The summed E-state index contributed by atoms with van der Waals surface area (Å²) in [6.07, 6.45) is 1.36. The van der Waals surface area contributed by atoms with Gasteiger partial charge in [-0.15, -0.1) is 0 Å². The Balaban J connectivity index is 1.87. The Morgan fingerprint density at radius 1 is 0.958 bits per heavy atom. The van der Waals surface area contributed by atoms with Crippen molar-refractivity contribution in [3.63, 3.8) is 0 Å². The Morgan fingerprint density at radius 2 is 1.62 bits per heavy atom. The highest BCUT2D eigenvalue weighted by Gasteiger charge is 2.12. The molecule has 0 aliphatic carbocycles. The summed E-state index contributed by atoms with van der Waals surface area (Å²) in [5, 5.41) is 6.14. The summed E-state index contributed by atoms with van der Waals surface area (Å²) in [7, 11) is 1.30. The van der Waals surface area contributed by atoms with Crippen molar-refractivity contribution in [3.8, 4) is 0 Å². The van der Waals surface area contributed by atoms with Crippen molar-refractivity contribution in [3.05, 3.63) is 65.7 Å². The van der Waals surface area contributed by atoms with Gasteiger partial charge in [-0.25, -0.2) is 10.2 Å². The maximum Gasteiger partial charge on any atom is 0.337 e. The van der Waals surface area contributed by atoms with E-state index in [9.17, 15) is 14.4 Å². The van der Waals surface area contributed by atoms with Gasteiger partial charge < -0.3 is 10.1 Å². The molecule has 0 aliphatic rings. The second kappa shape index (κ2) is 8.23. The number of carbonyl (C=O) groups excluding carboxylic acids is 3. The van der Waals surface area contributed by atoms with Crippen LogP contribution in [0.15, 0.2) is 59.7 Å². The SMILES string of the molecule is COC(=O)c1ccc(/C=N\NC(=O)C(=O)Nc2ccccc2)cc1. The Labute approximate surface area is 138 Å². The van der Waals surface area contributed by atoms with Crippen LogP contribution in [0.1, 0.15) is 15.9 Å². The highest BCUT2D eigenvalue weighted by Crippen LogP contribution is 2.05. The van der Waals surface area contributed by atoms with Crippen molar-refractivity contribution in [1.29, 1.82) is 0 Å². The molecular weight excluding hydrogens is 310 g/mol. The van der Waals surface area contributed by atoms with Crippen molar-refractivity contribution in [2.45, 2.75) is 0 Å². The quantitative estimate of drug-likeness (QED) is 0.386. The summed E-state index contributed by atoms with van der Waals surface area (Å²) in [6.45, 7) is 0. The summed E-state index contributed by atoms with van der Waals surface area (Å²) in [4.78, 5) is 34.6. The van der Waals surface area contributed by atoms with Gasteiger partial charge in [0, 0.05) is 5.69 Å². The highest BCUT2D eigenvalue weighted by atomic mass is 16.5. The maximum absolute atomic E-state index is 11.7. The van der Waals surface area contributed by atoms with Gasteiger partial charge in [0.05, 0.1) is 18.9 Å². The molecule has 0 saturated heterocycles. The number of nitrogens with one attached hydrogen (secondary N) is 2. The van der Waals surface area contributed by atoms with E-state index in [4.69, 9.17) is 0 Å². The lowest BCUT2D eigenvalue weighted by atomic mass is 10.1. The number of anilines is 1. The monoisotopic (exact) mass is 325 g/mol. The van der Waals surface area contributed by atoms with E-state index in [1.807, 2.05) is 0 Å². The molecule has 2 aromatic rings. The number of nitrogens with zero attached hydrogens (tertiary/aromatic N) is 1. The number of esters is 1. The topological polar surface area (TPSA) is 96.9 Å². The standard InChI is InChI=1S/C17H15N3O4/c1-24-17(23)13-9-7-12(8-10-13)11-18-20-16(22)15(21)19-14-5-3-2-4-6-14/h2-11H,1H3,(H,19,21)(H,20,22)/b18-11-. The third kappa shape index (κ3) is 4.77. The third-order valence-corrected chi connectivity index (χ3v) is 2.95. The van der Waals surface area contributed by atoms with Crippen LogP contribution in [0.3, 0.4) is 0 Å². The molecule has 0 bridgehead atoms. The van der Waals surface area contributed by atoms with Gasteiger partial charge in [0.15, 0.2) is 0 Å². The van der Waals surface area contributed by atoms with Gasteiger partial charge in [0.2, 0.25) is 0 Å². The van der Waals surface area contributed by atoms with Gasteiger partial charge in [0.25, 0.3) is 0 Å². The molecule has 2 N–H and O–H groups in total. The lowest BCUT2D eigenvalue weighted by Crippen LogP contribution is -2.32. The van der Waals surface area contributed by atoms with Crippen molar-refractivity contribution >= 4 is 29.7 Å². The van der Waals surface area contributed by atoms with Crippen LogP contribution >= 0.6 is 0 Å². The van der Waals surface area contributed by atoms with Gasteiger partial charge in [0.1, 0.15) is 0 Å². The third-order valence-electron chi connectivity index (χ3n) is 2.95. The number of ether oxygens (including phenoxy) is 1. The van der Waals surface area contributed by atoms with E-state index in [2.05, 4.69) is 20.6 Å².